The molecular formula is C62H44N6. The highest BCUT2D eigenvalue weighted by molar-refractivity contribution is 6.13. The van der Waals surface area contributed by atoms with Gasteiger partial charge in [-0.1, -0.05) is 146 Å². The van der Waals surface area contributed by atoms with Gasteiger partial charge in [-0.25, -0.2) is 0 Å². The predicted molar refractivity (Wildman–Crippen MR) is 280 cm³/mol. The van der Waals surface area contributed by atoms with Crippen LogP contribution in [-0.2, 0) is 11.1 Å². The standard InChI is InChI=1S/C62H44N6/c1-61(2,67-53-33-17-9-25-43(53)44-26-10-18-34-54(44)67)57-47(37-63)59(65-49-29-13-5-21-39(49)40-22-6-14-30-50(40)65)58(62(3,4)68-55-35-19-11-27-45(55)46-28-12-20-36-56(46)68)60(48(57)38-64)66-51-31-15-7-23-41(51)42-24-8-16-32-52(42)66/h5-36H,1-4H3. The van der Waals surface area contributed by atoms with Gasteiger partial charge in [-0.3, -0.25) is 0 Å². The van der Waals surface area contributed by atoms with Gasteiger partial charge in [-0.05, 0) is 76.2 Å². The van der Waals surface area contributed by atoms with Gasteiger partial charge in [0.25, 0.3) is 0 Å². The molecule has 0 radical (unpaired) electrons. The molecule has 0 bridgehead atoms. The van der Waals surface area contributed by atoms with E-state index in [1.807, 2.05) is 0 Å². The maximum absolute atomic E-state index is 12.4. The summed E-state index contributed by atoms with van der Waals surface area (Å²) in [6.45, 7) is 8.92. The van der Waals surface area contributed by atoms with Crippen molar-refractivity contribution in [2.75, 3.05) is 0 Å². The molecule has 68 heavy (non-hydrogen) atoms. The third-order valence-electron chi connectivity index (χ3n) is 14.8. The molecule has 0 N–H and O–H groups in total. The Bertz CT molecular complexity index is 3990. The summed E-state index contributed by atoms with van der Waals surface area (Å²) in [7, 11) is 0. The van der Waals surface area contributed by atoms with Crippen molar-refractivity contribution in [3.63, 3.8) is 0 Å². The molecule has 4 heterocycles. The average Bonchev–Trinajstić information content (AvgIpc) is 4.11. The third kappa shape index (κ3) is 5.15. The first-order valence-electron chi connectivity index (χ1n) is 23.2. The topological polar surface area (TPSA) is 67.3 Å². The number of hydrogen-bond donors (Lipinski definition) is 0. The van der Waals surface area contributed by atoms with Gasteiger partial charge in [0.05, 0.1) is 55.6 Å². The minimum Gasteiger partial charge on any atom is -0.331 e. The Morgan fingerprint density at radius 1 is 0.294 bits per heavy atom. The molecule has 0 fully saturated rings. The Kier molecular flexibility index (Phi) is 8.33. The van der Waals surface area contributed by atoms with Crippen LogP contribution in [0.15, 0.2) is 194 Å². The van der Waals surface area contributed by atoms with Gasteiger partial charge >= 0.3 is 0 Å². The number of para-hydroxylation sites is 8. The van der Waals surface area contributed by atoms with E-state index in [2.05, 4.69) is 252 Å². The molecule has 0 aliphatic rings. The van der Waals surface area contributed by atoms with Crippen LogP contribution in [-0.4, -0.2) is 18.3 Å². The number of hydrogen-bond acceptors (Lipinski definition) is 2. The van der Waals surface area contributed by atoms with Crippen LogP contribution >= 0.6 is 0 Å². The van der Waals surface area contributed by atoms with Gasteiger partial charge < -0.3 is 18.3 Å². The largest absolute Gasteiger partial charge is 0.331 e. The van der Waals surface area contributed by atoms with Gasteiger partial charge in [0, 0.05) is 76.3 Å². The van der Waals surface area contributed by atoms with Gasteiger partial charge in [0.1, 0.15) is 12.1 Å². The summed E-state index contributed by atoms with van der Waals surface area (Å²) in [6, 6.07) is 74.1. The summed E-state index contributed by atoms with van der Waals surface area (Å²) in [4.78, 5) is 0. The molecule has 0 spiro atoms. The van der Waals surface area contributed by atoms with E-state index in [4.69, 9.17) is 0 Å². The summed E-state index contributed by atoms with van der Waals surface area (Å²) in [5.41, 5.74) is 10.1. The van der Waals surface area contributed by atoms with Crippen LogP contribution in [0.25, 0.3) is 98.6 Å². The molecule has 0 aliphatic heterocycles. The molecule has 9 aromatic carbocycles. The first-order valence-corrected chi connectivity index (χ1v) is 23.2. The number of nitriles is 2. The number of rotatable bonds is 6. The molecule has 6 nitrogen and oxygen atoms in total. The third-order valence-corrected chi connectivity index (χ3v) is 14.8. The number of fused-ring (bicyclic) bond motifs is 12. The molecule has 4 aromatic heterocycles. The molecule has 0 saturated carbocycles. The van der Waals surface area contributed by atoms with Gasteiger partial charge in [0.15, 0.2) is 0 Å². The van der Waals surface area contributed by atoms with E-state index in [0.717, 1.165) is 104 Å². The highest BCUT2D eigenvalue weighted by atomic mass is 15.1. The van der Waals surface area contributed by atoms with E-state index in [-0.39, 0.29) is 0 Å². The maximum Gasteiger partial charge on any atom is 0.102 e. The maximum atomic E-state index is 12.4. The minimum absolute atomic E-state index is 0.452. The molecule has 322 valence electrons. The van der Waals surface area contributed by atoms with E-state index in [1.165, 1.54) is 0 Å². The van der Waals surface area contributed by atoms with E-state index in [0.29, 0.717) is 16.7 Å². The first kappa shape index (κ1) is 39.5. The smallest absolute Gasteiger partial charge is 0.102 e. The second-order valence-electron chi connectivity index (χ2n) is 19.0. The zero-order valence-electron chi connectivity index (χ0n) is 38.2. The van der Waals surface area contributed by atoms with Gasteiger partial charge in [0.2, 0.25) is 0 Å². The van der Waals surface area contributed by atoms with Crippen molar-refractivity contribution in [3.8, 4) is 23.5 Å². The molecule has 6 heteroatoms. The van der Waals surface area contributed by atoms with E-state index >= 15 is 0 Å². The van der Waals surface area contributed by atoms with Crippen LogP contribution in [0.1, 0.15) is 49.9 Å². The lowest BCUT2D eigenvalue weighted by atomic mass is 9.78. The van der Waals surface area contributed by atoms with Crippen molar-refractivity contribution >= 4 is 87.2 Å². The summed E-state index contributed by atoms with van der Waals surface area (Å²) in [5.74, 6) is 0. The van der Waals surface area contributed by atoms with Crippen molar-refractivity contribution in [2.45, 2.75) is 38.8 Å². The molecule has 13 rings (SSSR count). The lowest BCUT2D eigenvalue weighted by Gasteiger charge is -2.39. The summed E-state index contributed by atoms with van der Waals surface area (Å²) in [6.07, 6.45) is 0. The second-order valence-corrected chi connectivity index (χ2v) is 19.0. The lowest BCUT2D eigenvalue weighted by Crippen LogP contribution is -2.35. The van der Waals surface area contributed by atoms with E-state index < -0.39 is 11.1 Å². The van der Waals surface area contributed by atoms with Crippen molar-refractivity contribution in [2.24, 2.45) is 0 Å². The van der Waals surface area contributed by atoms with Gasteiger partial charge in [-0.15, -0.1) is 0 Å². The zero-order valence-corrected chi connectivity index (χ0v) is 38.2. The van der Waals surface area contributed by atoms with Crippen molar-refractivity contribution in [1.82, 2.24) is 18.3 Å². The number of benzene rings is 9. The highest BCUT2D eigenvalue weighted by Crippen LogP contribution is 2.52. The van der Waals surface area contributed by atoms with Crippen LogP contribution in [0.3, 0.4) is 0 Å². The second kappa shape index (κ2) is 14.3. The number of nitrogens with zero attached hydrogens (tertiary/aromatic N) is 6. The Balaban J connectivity index is 1.34. The SMILES string of the molecule is CC(C)(c1c(C#N)c(-n2c3ccccc3c3ccccc32)c(C(C)(C)n2c3ccccc3c3ccccc32)c(-n2c3ccccc3c3ccccc32)c1C#N)n1c2ccccc2c2ccccc21. The molecule has 0 unspecified atom stereocenters. The van der Waals surface area contributed by atoms with Crippen molar-refractivity contribution in [3.05, 3.63) is 216 Å². The Hall–Kier alpha value is -8.84. The fraction of sp³-hybridized carbons (Fsp3) is 0.0968. The monoisotopic (exact) mass is 872 g/mol. The summed E-state index contributed by atoms with van der Waals surface area (Å²) < 4.78 is 9.47. The Morgan fingerprint density at radius 2 is 0.500 bits per heavy atom. The molecular weight excluding hydrogens is 829 g/mol. The van der Waals surface area contributed by atoms with Crippen LogP contribution in [0.4, 0.5) is 0 Å². The van der Waals surface area contributed by atoms with Crippen LogP contribution in [0.2, 0.25) is 0 Å². The van der Waals surface area contributed by atoms with Crippen molar-refractivity contribution in [1.29, 1.82) is 10.5 Å². The van der Waals surface area contributed by atoms with Crippen LogP contribution in [0, 0.1) is 22.7 Å². The molecule has 0 aliphatic carbocycles. The average molecular weight is 873 g/mol. The van der Waals surface area contributed by atoms with Gasteiger partial charge in [-0.2, -0.15) is 10.5 Å². The Labute approximate surface area is 392 Å². The Morgan fingerprint density at radius 3 is 0.750 bits per heavy atom. The summed E-state index contributed by atoms with van der Waals surface area (Å²) >= 11 is 0. The molecule has 0 amide bonds. The van der Waals surface area contributed by atoms with Crippen molar-refractivity contribution < 1.29 is 0 Å². The van der Waals surface area contributed by atoms with Crippen LogP contribution < -0.4 is 0 Å². The fourth-order valence-electron chi connectivity index (χ4n) is 12.2. The van der Waals surface area contributed by atoms with Crippen LogP contribution in [0.5, 0.6) is 0 Å². The number of aromatic nitrogens is 4. The van der Waals surface area contributed by atoms with E-state index in [9.17, 15) is 10.5 Å². The fourth-order valence-corrected chi connectivity index (χ4v) is 12.2. The normalized spacial score (nSPS) is 12.4. The minimum atomic E-state index is -0.977. The summed E-state index contributed by atoms with van der Waals surface area (Å²) in [5, 5.41) is 33.6. The lowest BCUT2D eigenvalue weighted by molar-refractivity contribution is 0.451. The predicted octanol–water partition coefficient (Wildman–Crippen LogP) is 15.4. The molecule has 0 saturated heterocycles. The highest BCUT2D eigenvalue weighted by Gasteiger charge is 2.43. The van der Waals surface area contributed by atoms with E-state index in [1.54, 1.807) is 0 Å². The zero-order chi connectivity index (χ0) is 46.1. The first-order chi connectivity index (χ1) is 33.3. The molecule has 13 aromatic rings. The molecule has 0 atom stereocenters. The quantitative estimate of drug-likeness (QED) is 0.167.